The van der Waals surface area contributed by atoms with E-state index in [1.165, 1.54) is 23.8 Å². The highest BCUT2D eigenvalue weighted by Crippen LogP contribution is 2.29. The number of hydrogen-bond acceptors (Lipinski definition) is 7. The number of hydrogen-bond donors (Lipinski definition) is 2. The largest absolute Gasteiger partial charge is 0.477 e. The Hall–Kier alpha value is -4.31. The SMILES string of the molecule is CC[C@H](C)c1ccc2oc(-c3cccc(NC(=S)NC(=O)COc4ccccc4[N+](=O)[O-])c3)nc2c1. The van der Waals surface area contributed by atoms with Gasteiger partial charge >= 0.3 is 5.69 Å². The summed E-state index contributed by atoms with van der Waals surface area (Å²) in [5, 5.41) is 16.6. The molecule has 10 heteroatoms. The van der Waals surface area contributed by atoms with Gasteiger partial charge < -0.3 is 14.5 Å². The Balaban J connectivity index is 1.39. The number of nitrogens with one attached hydrogen (secondary N) is 2. The van der Waals surface area contributed by atoms with Gasteiger partial charge in [0.15, 0.2) is 23.1 Å². The summed E-state index contributed by atoms with van der Waals surface area (Å²) in [5.74, 6) is 0.353. The molecule has 184 valence electrons. The number of carbonyl (C=O) groups is 1. The van der Waals surface area contributed by atoms with E-state index in [9.17, 15) is 14.9 Å². The Morgan fingerprint density at radius 2 is 1.97 bits per heavy atom. The molecule has 0 radical (unpaired) electrons. The Bertz CT molecular complexity index is 1430. The molecule has 36 heavy (non-hydrogen) atoms. The van der Waals surface area contributed by atoms with Gasteiger partial charge in [-0.3, -0.25) is 20.2 Å². The Labute approximate surface area is 212 Å². The third-order valence-electron chi connectivity index (χ3n) is 5.63. The van der Waals surface area contributed by atoms with Gasteiger partial charge in [0.05, 0.1) is 4.92 Å². The normalized spacial score (nSPS) is 11.6. The van der Waals surface area contributed by atoms with Crippen molar-refractivity contribution in [3.63, 3.8) is 0 Å². The third-order valence-corrected chi connectivity index (χ3v) is 5.84. The molecule has 0 unspecified atom stereocenters. The van der Waals surface area contributed by atoms with Crippen molar-refractivity contribution < 1.29 is 18.9 Å². The molecule has 0 spiro atoms. The molecular weight excluding hydrogens is 480 g/mol. The first-order valence-electron chi connectivity index (χ1n) is 11.3. The summed E-state index contributed by atoms with van der Waals surface area (Å²) in [4.78, 5) is 27.4. The monoisotopic (exact) mass is 504 g/mol. The number of benzene rings is 3. The third kappa shape index (κ3) is 5.84. The first-order valence-corrected chi connectivity index (χ1v) is 11.7. The first-order chi connectivity index (χ1) is 17.3. The van der Waals surface area contributed by atoms with E-state index >= 15 is 0 Å². The van der Waals surface area contributed by atoms with E-state index in [-0.39, 0.29) is 16.5 Å². The molecule has 9 nitrogen and oxygen atoms in total. The average Bonchev–Trinajstić information content (AvgIpc) is 3.31. The number of nitro groups is 1. The van der Waals surface area contributed by atoms with Gasteiger partial charge in [-0.25, -0.2) is 4.98 Å². The fourth-order valence-corrected chi connectivity index (χ4v) is 3.77. The highest BCUT2D eigenvalue weighted by molar-refractivity contribution is 7.80. The minimum absolute atomic E-state index is 0.00108. The molecule has 3 aromatic carbocycles. The fourth-order valence-electron chi connectivity index (χ4n) is 3.54. The minimum Gasteiger partial charge on any atom is -0.477 e. The van der Waals surface area contributed by atoms with Crippen molar-refractivity contribution >= 4 is 45.7 Å². The fraction of sp³-hybridized carbons (Fsp3) is 0.192. The molecule has 0 bridgehead atoms. The predicted molar refractivity (Wildman–Crippen MR) is 141 cm³/mol. The van der Waals surface area contributed by atoms with Crippen LogP contribution in [-0.4, -0.2) is 27.5 Å². The van der Waals surface area contributed by atoms with Gasteiger partial charge in [-0.15, -0.1) is 0 Å². The molecule has 0 saturated heterocycles. The number of fused-ring (bicyclic) bond motifs is 1. The molecule has 4 rings (SSSR count). The molecule has 0 aliphatic heterocycles. The van der Waals surface area contributed by atoms with Crippen molar-refractivity contribution in [2.75, 3.05) is 11.9 Å². The number of anilines is 1. The van der Waals surface area contributed by atoms with Crippen molar-refractivity contribution in [1.29, 1.82) is 0 Å². The quantitative estimate of drug-likeness (QED) is 0.175. The molecule has 0 aliphatic carbocycles. The van der Waals surface area contributed by atoms with Crippen LogP contribution in [0.15, 0.2) is 71.1 Å². The van der Waals surface area contributed by atoms with Crippen LogP contribution in [0.25, 0.3) is 22.6 Å². The summed E-state index contributed by atoms with van der Waals surface area (Å²) in [5.41, 5.74) is 3.86. The van der Waals surface area contributed by atoms with Crippen LogP contribution in [0.3, 0.4) is 0 Å². The average molecular weight is 505 g/mol. The number of rotatable bonds is 8. The van der Waals surface area contributed by atoms with Crippen molar-refractivity contribution in [1.82, 2.24) is 10.3 Å². The van der Waals surface area contributed by atoms with E-state index in [1.54, 1.807) is 12.1 Å². The maximum Gasteiger partial charge on any atom is 0.310 e. The van der Waals surface area contributed by atoms with Crippen LogP contribution in [0.1, 0.15) is 31.7 Å². The van der Waals surface area contributed by atoms with E-state index in [4.69, 9.17) is 21.4 Å². The van der Waals surface area contributed by atoms with Crippen molar-refractivity contribution in [2.45, 2.75) is 26.2 Å². The number of nitrogens with zero attached hydrogens (tertiary/aromatic N) is 2. The van der Waals surface area contributed by atoms with Crippen LogP contribution in [0.5, 0.6) is 5.75 Å². The molecule has 4 aromatic rings. The predicted octanol–water partition coefficient (Wildman–Crippen LogP) is 5.81. The zero-order valence-corrected chi connectivity index (χ0v) is 20.5. The summed E-state index contributed by atoms with van der Waals surface area (Å²) >= 11 is 5.23. The highest BCUT2D eigenvalue weighted by Gasteiger charge is 2.16. The van der Waals surface area contributed by atoms with Crippen LogP contribution < -0.4 is 15.4 Å². The Morgan fingerprint density at radius 3 is 2.75 bits per heavy atom. The lowest BCUT2D eigenvalue weighted by molar-refractivity contribution is -0.385. The molecule has 2 N–H and O–H groups in total. The lowest BCUT2D eigenvalue weighted by atomic mass is 9.98. The smallest absolute Gasteiger partial charge is 0.310 e. The van der Waals surface area contributed by atoms with Crippen molar-refractivity contribution in [2.24, 2.45) is 0 Å². The number of aromatic nitrogens is 1. The first kappa shape index (κ1) is 24.8. The van der Waals surface area contributed by atoms with Gasteiger partial charge in [0.25, 0.3) is 5.91 Å². The second-order valence-corrected chi connectivity index (χ2v) is 8.56. The molecule has 1 heterocycles. The molecule has 0 fully saturated rings. The summed E-state index contributed by atoms with van der Waals surface area (Å²) in [6.45, 7) is 3.89. The van der Waals surface area contributed by atoms with Gasteiger partial charge in [-0.2, -0.15) is 0 Å². The molecule has 0 aliphatic rings. The van der Waals surface area contributed by atoms with Gasteiger partial charge in [0, 0.05) is 17.3 Å². The van der Waals surface area contributed by atoms with Crippen LogP contribution in [0, 0.1) is 10.1 Å². The van der Waals surface area contributed by atoms with Crippen LogP contribution in [0.4, 0.5) is 11.4 Å². The zero-order valence-electron chi connectivity index (χ0n) is 19.7. The van der Waals surface area contributed by atoms with E-state index in [0.29, 0.717) is 23.1 Å². The van der Waals surface area contributed by atoms with Gasteiger partial charge in [0.1, 0.15) is 5.52 Å². The van der Waals surface area contributed by atoms with E-state index in [0.717, 1.165) is 17.5 Å². The molecule has 1 amide bonds. The van der Waals surface area contributed by atoms with Gasteiger partial charge in [-0.1, -0.05) is 38.1 Å². The lowest BCUT2D eigenvalue weighted by Gasteiger charge is -2.11. The van der Waals surface area contributed by atoms with Crippen LogP contribution in [0.2, 0.25) is 0 Å². The number of ether oxygens (including phenoxy) is 1. The highest BCUT2D eigenvalue weighted by atomic mass is 32.1. The van der Waals surface area contributed by atoms with E-state index < -0.39 is 17.4 Å². The maximum absolute atomic E-state index is 12.2. The summed E-state index contributed by atoms with van der Waals surface area (Å²) in [6, 6.07) is 19.2. The minimum atomic E-state index is -0.575. The van der Waals surface area contributed by atoms with Crippen LogP contribution >= 0.6 is 12.2 Å². The van der Waals surface area contributed by atoms with Crippen molar-refractivity contribution in [3.8, 4) is 17.2 Å². The molecule has 1 atom stereocenters. The van der Waals surface area contributed by atoms with Crippen molar-refractivity contribution in [3.05, 3.63) is 82.4 Å². The molecule has 0 saturated carbocycles. The number of oxazole rings is 1. The second kappa shape index (κ2) is 11.0. The van der Waals surface area contributed by atoms with Crippen LogP contribution in [-0.2, 0) is 4.79 Å². The molecule has 1 aromatic heterocycles. The van der Waals surface area contributed by atoms with Gasteiger partial charge in [0.2, 0.25) is 5.89 Å². The van der Waals surface area contributed by atoms with Gasteiger partial charge in [-0.05, 0) is 66.5 Å². The summed E-state index contributed by atoms with van der Waals surface area (Å²) in [6.07, 6.45) is 1.04. The number of thiocarbonyl (C=S) groups is 1. The maximum atomic E-state index is 12.2. The standard InChI is InChI=1S/C26H24N4O5S/c1-3-16(2)17-11-12-22-20(14-17)28-25(35-22)18-7-6-8-19(13-18)27-26(36)29-24(31)15-34-23-10-5-4-9-21(23)30(32)33/h4-14,16H,3,15H2,1-2H3,(H2,27,29,31,36)/t16-/m0/s1. The summed E-state index contributed by atoms with van der Waals surface area (Å²) < 4.78 is 11.2. The topological polar surface area (TPSA) is 120 Å². The number of carbonyl (C=O) groups excluding carboxylic acids is 1. The number of amides is 1. The van der Waals surface area contributed by atoms with E-state index in [2.05, 4.69) is 41.6 Å². The zero-order chi connectivity index (χ0) is 25.7. The number of para-hydroxylation sites is 2. The second-order valence-electron chi connectivity index (χ2n) is 8.15. The summed E-state index contributed by atoms with van der Waals surface area (Å²) in [7, 11) is 0. The molecular formula is C26H24N4O5S. The van der Waals surface area contributed by atoms with E-state index in [1.807, 2.05) is 24.3 Å². The Kier molecular flexibility index (Phi) is 7.55. The number of nitro benzene ring substituents is 1. The Morgan fingerprint density at radius 1 is 1.17 bits per heavy atom. The lowest BCUT2D eigenvalue weighted by Crippen LogP contribution is -2.37.